The molecule has 3 rings (SSSR count). The number of nitrogens with one attached hydrogen (secondary N) is 1. The minimum Gasteiger partial charge on any atom is -0.376 e. The van der Waals surface area contributed by atoms with Gasteiger partial charge < -0.3 is 24.6 Å². The molecule has 0 aliphatic carbocycles. The van der Waals surface area contributed by atoms with Crippen LogP contribution in [0.5, 0.6) is 0 Å². The van der Waals surface area contributed by atoms with Gasteiger partial charge in [0.1, 0.15) is 6.10 Å². The van der Waals surface area contributed by atoms with E-state index in [0.717, 1.165) is 77.7 Å². The molecular formula is C18H32N4O3. The summed E-state index contributed by atoms with van der Waals surface area (Å²) in [5.41, 5.74) is 0. The molecule has 0 aromatic carbocycles. The Kier molecular flexibility index (Phi) is 6.93. The molecule has 3 fully saturated rings. The second-order valence-corrected chi connectivity index (χ2v) is 7.00. The van der Waals surface area contributed by atoms with Crippen molar-refractivity contribution in [2.75, 3.05) is 52.5 Å². The predicted molar refractivity (Wildman–Crippen MR) is 96.7 cm³/mol. The van der Waals surface area contributed by atoms with E-state index in [4.69, 9.17) is 14.5 Å². The third-order valence-corrected chi connectivity index (χ3v) is 5.15. The van der Waals surface area contributed by atoms with Gasteiger partial charge >= 0.3 is 0 Å². The SMILES string of the molecule is CCNC(=NCC1CCCCO1)N1CCN(C(=O)C2CCCO2)CC1. The van der Waals surface area contributed by atoms with Crippen molar-refractivity contribution in [3.8, 4) is 0 Å². The highest BCUT2D eigenvalue weighted by Crippen LogP contribution is 2.16. The normalized spacial score (nSPS) is 28.3. The number of nitrogens with zero attached hydrogens (tertiary/aromatic N) is 3. The lowest BCUT2D eigenvalue weighted by atomic mass is 10.1. The molecule has 0 saturated carbocycles. The first-order valence-electron chi connectivity index (χ1n) is 9.83. The van der Waals surface area contributed by atoms with E-state index in [0.29, 0.717) is 0 Å². The Morgan fingerprint density at radius 3 is 2.44 bits per heavy atom. The van der Waals surface area contributed by atoms with Crippen molar-refractivity contribution >= 4 is 11.9 Å². The summed E-state index contributed by atoms with van der Waals surface area (Å²) in [6.45, 7) is 8.34. The van der Waals surface area contributed by atoms with Crippen LogP contribution in [0.15, 0.2) is 4.99 Å². The molecule has 3 aliphatic rings. The third kappa shape index (κ3) is 5.07. The smallest absolute Gasteiger partial charge is 0.251 e. The maximum Gasteiger partial charge on any atom is 0.251 e. The average Bonchev–Trinajstić information content (AvgIpc) is 3.20. The Morgan fingerprint density at radius 2 is 1.80 bits per heavy atom. The van der Waals surface area contributed by atoms with Crippen molar-refractivity contribution in [2.24, 2.45) is 4.99 Å². The Morgan fingerprint density at radius 1 is 1.04 bits per heavy atom. The van der Waals surface area contributed by atoms with Crippen molar-refractivity contribution in [1.29, 1.82) is 0 Å². The van der Waals surface area contributed by atoms with Crippen molar-refractivity contribution in [3.05, 3.63) is 0 Å². The van der Waals surface area contributed by atoms with Crippen LogP contribution >= 0.6 is 0 Å². The number of piperazine rings is 1. The molecule has 2 unspecified atom stereocenters. The monoisotopic (exact) mass is 352 g/mol. The first kappa shape index (κ1) is 18.5. The fourth-order valence-electron chi connectivity index (χ4n) is 3.68. The van der Waals surface area contributed by atoms with E-state index in [-0.39, 0.29) is 18.1 Å². The quantitative estimate of drug-likeness (QED) is 0.600. The fraction of sp³-hybridized carbons (Fsp3) is 0.889. The van der Waals surface area contributed by atoms with E-state index in [2.05, 4.69) is 17.1 Å². The van der Waals surface area contributed by atoms with E-state index < -0.39 is 0 Å². The lowest BCUT2D eigenvalue weighted by Crippen LogP contribution is -2.55. The molecule has 3 aliphatic heterocycles. The van der Waals surface area contributed by atoms with E-state index in [1.54, 1.807) is 0 Å². The van der Waals surface area contributed by atoms with Gasteiger partial charge in [-0.2, -0.15) is 0 Å². The number of amides is 1. The zero-order valence-corrected chi connectivity index (χ0v) is 15.4. The van der Waals surface area contributed by atoms with Gasteiger partial charge in [-0.25, -0.2) is 0 Å². The molecule has 3 heterocycles. The van der Waals surface area contributed by atoms with Crippen LogP contribution in [-0.2, 0) is 14.3 Å². The Hall–Kier alpha value is -1.34. The molecule has 7 heteroatoms. The molecule has 7 nitrogen and oxygen atoms in total. The van der Waals surface area contributed by atoms with E-state index >= 15 is 0 Å². The van der Waals surface area contributed by atoms with Crippen LogP contribution < -0.4 is 5.32 Å². The summed E-state index contributed by atoms with van der Waals surface area (Å²) in [6.07, 6.45) is 5.41. The zero-order chi connectivity index (χ0) is 17.5. The van der Waals surface area contributed by atoms with Crippen LogP contribution in [0.3, 0.4) is 0 Å². The second kappa shape index (κ2) is 9.38. The molecule has 0 aromatic rings. The molecule has 0 bridgehead atoms. The number of hydrogen-bond acceptors (Lipinski definition) is 4. The van der Waals surface area contributed by atoms with Gasteiger partial charge in [0.05, 0.1) is 12.6 Å². The van der Waals surface area contributed by atoms with Gasteiger partial charge in [0.25, 0.3) is 5.91 Å². The Balaban J connectivity index is 1.50. The Labute approximate surface area is 150 Å². The zero-order valence-electron chi connectivity index (χ0n) is 15.4. The topological polar surface area (TPSA) is 66.4 Å². The predicted octanol–water partition coefficient (Wildman–Crippen LogP) is 0.844. The van der Waals surface area contributed by atoms with E-state index in [1.807, 2.05) is 4.90 Å². The molecule has 1 amide bonds. The fourth-order valence-corrected chi connectivity index (χ4v) is 3.68. The Bertz CT molecular complexity index is 451. The summed E-state index contributed by atoms with van der Waals surface area (Å²) in [7, 11) is 0. The number of carbonyl (C=O) groups excluding carboxylic acids is 1. The summed E-state index contributed by atoms with van der Waals surface area (Å²) in [5, 5.41) is 3.38. The summed E-state index contributed by atoms with van der Waals surface area (Å²) < 4.78 is 11.3. The van der Waals surface area contributed by atoms with Gasteiger partial charge in [0.2, 0.25) is 0 Å². The minimum atomic E-state index is -0.211. The van der Waals surface area contributed by atoms with Crippen LogP contribution in [-0.4, -0.2) is 86.4 Å². The number of ether oxygens (including phenoxy) is 2. The van der Waals surface area contributed by atoms with Gasteiger partial charge in [0, 0.05) is 45.9 Å². The maximum absolute atomic E-state index is 12.5. The van der Waals surface area contributed by atoms with Crippen LogP contribution in [0.1, 0.15) is 39.0 Å². The minimum absolute atomic E-state index is 0.162. The molecule has 142 valence electrons. The standard InChI is InChI=1S/C18H32N4O3/c1-2-19-18(20-14-15-6-3-4-12-24-15)22-10-8-21(9-11-22)17(23)16-7-5-13-25-16/h15-16H,2-14H2,1H3,(H,19,20). The molecular weight excluding hydrogens is 320 g/mol. The van der Waals surface area contributed by atoms with Gasteiger partial charge in [0.15, 0.2) is 5.96 Å². The molecule has 0 aromatic heterocycles. The molecule has 25 heavy (non-hydrogen) atoms. The highest BCUT2D eigenvalue weighted by Gasteiger charge is 2.31. The average molecular weight is 352 g/mol. The van der Waals surface area contributed by atoms with Gasteiger partial charge in [-0.1, -0.05) is 0 Å². The number of carbonyl (C=O) groups is 1. The third-order valence-electron chi connectivity index (χ3n) is 5.15. The number of guanidine groups is 1. The van der Waals surface area contributed by atoms with Crippen molar-refractivity contribution in [2.45, 2.75) is 51.2 Å². The van der Waals surface area contributed by atoms with Gasteiger partial charge in [-0.15, -0.1) is 0 Å². The molecule has 3 saturated heterocycles. The van der Waals surface area contributed by atoms with E-state index in [1.165, 1.54) is 12.8 Å². The van der Waals surface area contributed by atoms with Gasteiger partial charge in [-0.3, -0.25) is 9.79 Å². The number of rotatable bonds is 4. The second-order valence-electron chi connectivity index (χ2n) is 7.00. The summed E-state index contributed by atoms with van der Waals surface area (Å²) >= 11 is 0. The molecule has 0 radical (unpaired) electrons. The first-order valence-corrected chi connectivity index (χ1v) is 9.83. The van der Waals surface area contributed by atoms with Crippen LogP contribution in [0.2, 0.25) is 0 Å². The molecule has 2 atom stereocenters. The lowest BCUT2D eigenvalue weighted by molar-refractivity contribution is -0.142. The maximum atomic E-state index is 12.5. The lowest BCUT2D eigenvalue weighted by Gasteiger charge is -2.37. The van der Waals surface area contributed by atoms with E-state index in [9.17, 15) is 4.79 Å². The molecule has 0 spiro atoms. The van der Waals surface area contributed by atoms with Crippen molar-refractivity contribution in [3.63, 3.8) is 0 Å². The largest absolute Gasteiger partial charge is 0.376 e. The summed E-state index contributed by atoms with van der Waals surface area (Å²) in [5.74, 6) is 1.11. The highest BCUT2D eigenvalue weighted by atomic mass is 16.5. The molecule has 1 N–H and O–H groups in total. The van der Waals surface area contributed by atoms with Crippen LogP contribution in [0.4, 0.5) is 0 Å². The number of aliphatic imine (C=N–C) groups is 1. The highest BCUT2D eigenvalue weighted by molar-refractivity contribution is 5.82. The summed E-state index contributed by atoms with van der Waals surface area (Å²) in [4.78, 5) is 21.4. The van der Waals surface area contributed by atoms with Gasteiger partial charge in [-0.05, 0) is 39.0 Å². The van der Waals surface area contributed by atoms with Crippen molar-refractivity contribution < 1.29 is 14.3 Å². The summed E-state index contributed by atoms with van der Waals surface area (Å²) in [6, 6.07) is 0. The number of hydrogen-bond donors (Lipinski definition) is 1. The van der Waals surface area contributed by atoms with Crippen LogP contribution in [0.25, 0.3) is 0 Å². The van der Waals surface area contributed by atoms with Crippen LogP contribution in [0, 0.1) is 0 Å². The first-order chi connectivity index (χ1) is 12.3. The van der Waals surface area contributed by atoms with Crippen molar-refractivity contribution in [1.82, 2.24) is 15.1 Å².